The number of halogens is 2. The Kier molecular flexibility index (Phi) is 3.99. The van der Waals surface area contributed by atoms with Gasteiger partial charge in [-0.15, -0.1) is 0 Å². The Morgan fingerprint density at radius 2 is 2.33 bits per heavy atom. The largest absolute Gasteiger partial charge is 0.480 e. The summed E-state index contributed by atoms with van der Waals surface area (Å²) in [6, 6.07) is 5.59. The van der Waals surface area contributed by atoms with E-state index in [1.807, 2.05) is 23.1 Å². The lowest BCUT2D eigenvalue weighted by molar-refractivity contribution is -0.148. The molecule has 1 aliphatic heterocycles. The third-order valence-corrected chi connectivity index (χ3v) is 4.63. The molecule has 3 nitrogen and oxygen atoms in total. The summed E-state index contributed by atoms with van der Waals surface area (Å²) in [5, 5.41) is 10.0. The Morgan fingerprint density at radius 3 is 3.00 bits per heavy atom. The fraction of sp³-hybridized carbons (Fsp3) is 0.462. The van der Waals surface area contributed by atoms with Gasteiger partial charge in [0.15, 0.2) is 0 Å². The van der Waals surface area contributed by atoms with Crippen LogP contribution in [0.3, 0.4) is 0 Å². The lowest BCUT2D eigenvalue weighted by atomic mass is 9.99. The lowest BCUT2D eigenvalue weighted by Crippen LogP contribution is -2.47. The fourth-order valence-electron chi connectivity index (χ4n) is 2.38. The number of rotatable bonds is 3. The van der Waals surface area contributed by atoms with Crippen LogP contribution in [0.1, 0.15) is 25.3 Å². The van der Waals surface area contributed by atoms with E-state index in [0.29, 0.717) is 18.0 Å². The first-order valence-electron chi connectivity index (χ1n) is 5.86. The van der Waals surface area contributed by atoms with Crippen molar-refractivity contribution in [1.82, 2.24) is 4.90 Å². The van der Waals surface area contributed by atoms with E-state index in [4.69, 9.17) is 11.6 Å². The molecular formula is C13H15BrClNO2. The Labute approximate surface area is 120 Å². The minimum atomic E-state index is -0.762. The summed E-state index contributed by atoms with van der Waals surface area (Å²) in [5.41, 5.74) is 0.263. The molecule has 0 aromatic heterocycles. The summed E-state index contributed by atoms with van der Waals surface area (Å²) in [4.78, 5) is 13.4. The van der Waals surface area contributed by atoms with Crippen molar-refractivity contribution in [3.8, 4) is 0 Å². The van der Waals surface area contributed by atoms with Gasteiger partial charge in [0.25, 0.3) is 0 Å². The Morgan fingerprint density at radius 1 is 1.61 bits per heavy atom. The molecule has 1 aromatic carbocycles. The number of likely N-dealkylation sites (tertiary alicyclic amines) is 1. The summed E-state index contributed by atoms with van der Waals surface area (Å²) in [5.74, 6) is -0.752. The number of nitrogens with zero attached hydrogens (tertiary/aromatic N) is 1. The molecule has 1 aliphatic rings. The summed E-state index contributed by atoms with van der Waals surface area (Å²) < 4.78 is 0.964. The minimum Gasteiger partial charge on any atom is -0.480 e. The lowest BCUT2D eigenvalue weighted by Gasteiger charge is -2.31. The molecule has 0 spiro atoms. The smallest absolute Gasteiger partial charge is 0.323 e. The second kappa shape index (κ2) is 5.19. The van der Waals surface area contributed by atoms with Crippen molar-refractivity contribution in [1.29, 1.82) is 0 Å². The van der Waals surface area contributed by atoms with E-state index >= 15 is 0 Å². The maximum atomic E-state index is 11.4. The average Bonchev–Trinajstić information content (AvgIpc) is 2.67. The maximum absolute atomic E-state index is 11.4. The summed E-state index contributed by atoms with van der Waals surface area (Å²) >= 11 is 9.46. The summed E-state index contributed by atoms with van der Waals surface area (Å²) in [6.45, 7) is 3.20. The van der Waals surface area contributed by atoms with Gasteiger partial charge in [-0.25, -0.2) is 0 Å². The van der Waals surface area contributed by atoms with Crippen LogP contribution >= 0.6 is 27.5 Å². The van der Waals surface area contributed by atoms with Crippen LogP contribution < -0.4 is 0 Å². The van der Waals surface area contributed by atoms with Gasteiger partial charge in [-0.2, -0.15) is 0 Å². The molecule has 0 aliphatic carbocycles. The number of carbonyl (C=O) groups is 1. The number of carboxylic acids is 1. The number of hydrogen-bond acceptors (Lipinski definition) is 2. The first-order valence-corrected chi connectivity index (χ1v) is 7.03. The molecule has 0 bridgehead atoms. The van der Waals surface area contributed by atoms with Gasteiger partial charge in [-0.3, -0.25) is 9.69 Å². The second-order valence-electron chi connectivity index (χ2n) is 4.84. The molecule has 1 fully saturated rings. The molecule has 0 radical (unpaired) electrons. The molecule has 0 amide bonds. The van der Waals surface area contributed by atoms with Crippen molar-refractivity contribution < 1.29 is 9.90 Å². The molecule has 1 saturated heterocycles. The van der Waals surface area contributed by atoms with Gasteiger partial charge in [0.05, 0.1) is 0 Å². The minimum absolute atomic E-state index is 0.601. The zero-order valence-corrected chi connectivity index (χ0v) is 12.5. The first kappa shape index (κ1) is 13.8. The fourth-order valence-corrected chi connectivity index (χ4v) is 2.95. The Hall–Kier alpha value is -0.580. The topological polar surface area (TPSA) is 40.5 Å². The monoisotopic (exact) mass is 331 g/mol. The van der Waals surface area contributed by atoms with Crippen LogP contribution in [0.5, 0.6) is 0 Å². The van der Waals surface area contributed by atoms with Crippen LogP contribution in [0.25, 0.3) is 0 Å². The highest BCUT2D eigenvalue weighted by Gasteiger charge is 2.43. The van der Waals surface area contributed by atoms with Gasteiger partial charge < -0.3 is 5.11 Å². The van der Waals surface area contributed by atoms with Gasteiger partial charge in [0.1, 0.15) is 5.54 Å². The molecule has 1 unspecified atom stereocenters. The van der Waals surface area contributed by atoms with E-state index in [-0.39, 0.29) is 0 Å². The van der Waals surface area contributed by atoms with E-state index in [0.717, 1.165) is 23.0 Å². The molecule has 1 aromatic rings. The van der Waals surface area contributed by atoms with Gasteiger partial charge >= 0.3 is 5.97 Å². The summed E-state index contributed by atoms with van der Waals surface area (Å²) in [7, 11) is 0. The van der Waals surface area contributed by atoms with Gasteiger partial charge in [0, 0.05) is 16.0 Å². The van der Waals surface area contributed by atoms with Crippen LogP contribution in [-0.2, 0) is 11.3 Å². The molecule has 1 heterocycles. The normalized spacial score (nSPS) is 24.4. The molecule has 18 heavy (non-hydrogen) atoms. The van der Waals surface area contributed by atoms with Crippen molar-refractivity contribution in [2.45, 2.75) is 31.8 Å². The van der Waals surface area contributed by atoms with Crippen LogP contribution in [-0.4, -0.2) is 28.1 Å². The highest BCUT2D eigenvalue weighted by molar-refractivity contribution is 9.10. The van der Waals surface area contributed by atoms with Crippen LogP contribution in [0, 0.1) is 0 Å². The molecule has 98 valence electrons. The van der Waals surface area contributed by atoms with Gasteiger partial charge in [-0.05, 0) is 50.1 Å². The third-order valence-electron chi connectivity index (χ3n) is 3.62. The van der Waals surface area contributed by atoms with Gasteiger partial charge in [0.2, 0.25) is 0 Å². The van der Waals surface area contributed by atoms with Crippen LogP contribution in [0.15, 0.2) is 22.7 Å². The van der Waals surface area contributed by atoms with Crippen molar-refractivity contribution in [2.24, 2.45) is 0 Å². The molecule has 0 saturated carbocycles. The van der Waals surface area contributed by atoms with Crippen molar-refractivity contribution in [2.75, 3.05) is 6.54 Å². The highest BCUT2D eigenvalue weighted by atomic mass is 79.9. The third kappa shape index (κ3) is 2.56. The predicted octanol–water partition coefficient (Wildman–Crippen LogP) is 3.54. The van der Waals surface area contributed by atoms with Crippen molar-refractivity contribution in [3.63, 3.8) is 0 Å². The number of aliphatic carboxylic acids is 1. The Bertz CT molecular complexity index is 480. The SMILES string of the molecule is CC1(C(=O)O)CCCN1Cc1cc(Cl)ccc1Br. The molecular weight excluding hydrogens is 318 g/mol. The number of hydrogen-bond donors (Lipinski definition) is 1. The van der Waals surface area contributed by atoms with E-state index in [1.165, 1.54) is 0 Å². The maximum Gasteiger partial charge on any atom is 0.323 e. The van der Waals surface area contributed by atoms with Crippen molar-refractivity contribution in [3.05, 3.63) is 33.3 Å². The zero-order chi connectivity index (χ0) is 13.3. The van der Waals surface area contributed by atoms with E-state index in [1.54, 1.807) is 6.92 Å². The first-order chi connectivity index (χ1) is 8.43. The highest BCUT2D eigenvalue weighted by Crippen LogP contribution is 2.32. The summed E-state index contributed by atoms with van der Waals surface area (Å²) in [6.07, 6.45) is 1.61. The standard InChI is InChI=1S/C13H15BrClNO2/c1-13(12(17)18)5-2-6-16(13)8-9-7-10(15)3-4-11(9)14/h3-4,7H,2,5-6,8H2,1H3,(H,17,18). The zero-order valence-electron chi connectivity index (χ0n) is 10.1. The molecule has 2 rings (SSSR count). The predicted molar refractivity (Wildman–Crippen MR) is 74.8 cm³/mol. The quantitative estimate of drug-likeness (QED) is 0.920. The van der Waals surface area contributed by atoms with E-state index < -0.39 is 11.5 Å². The average molecular weight is 333 g/mol. The Balaban J connectivity index is 2.23. The van der Waals surface area contributed by atoms with Gasteiger partial charge in [-0.1, -0.05) is 27.5 Å². The second-order valence-corrected chi connectivity index (χ2v) is 6.13. The van der Waals surface area contributed by atoms with Crippen LogP contribution in [0.2, 0.25) is 5.02 Å². The molecule has 1 N–H and O–H groups in total. The number of carboxylic acid groups (broad SMARTS) is 1. The van der Waals surface area contributed by atoms with E-state index in [2.05, 4.69) is 15.9 Å². The van der Waals surface area contributed by atoms with Crippen LogP contribution in [0.4, 0.5) is 0 Å². The molecule has 5 heteroatoms. The number of benzene rings is 1. The van der Waals surface area contributed by atoms with Crippen molar-refractivity contribution >= 4 is 33.5 Å². The molecule has 1 atom stereocenters. The van der Waals surface area contributed by atoms with E-state index in [9.17, 15) is 9.90 Å².